The summed E-state index contributed by atoms with van der Waals surface area (Å²) in [5, 5.41) is 0. The van der Waals surface area contributed by atoms with E-state index in [1.807, 2.05) is 0 Å². The Kier molecular flexibility index (Phi) is 3.57. The molecule has 0 atom stereocenters. The van der Waals surface area contributed by atoms with E-state index >= 15 is 0 Å². The van der Waals surface area contributed by atoms with Crippen molar-refractivity contribution in [3.8, 4) is 0 Å². The number of aryl methyl sites for hydroxylation is 1. The van der Waals surface area contributed by atoms with Crippen molar-refractivity contribution >= 4 is 21.7 Å². The van der Waals surface area contributed by atoms with Crippen molar-refractivity contribution < 1.29 is 13.6 Å². The summed E-state index contributed by atoms with van der Waals surface area (Å²) < 4.78 is 27.1. The van der Waals surface area contributed by atoms with Crippen LogP contribution in [-0.2, 0) is 0 Å². The van der Waals surface area contributed by atoms with E-state index in [0.29, 0.717) is 11.6 Å². The van der Waals surface area contributed by atoms with Gasteiger partial charge >= 0.3 is 0 Å². The van der Waals surface area contributed by atoms with Gasteiger partial charge in [-0.25, -0.2) is 8.78 Å². The number of carbonyl (C=O) groups is 1. The summed E-state index contributed by atoms with van der Waals surface area (Å²) in [5.41, 5.74) is 1.01. The first-order chi connectivity index (χ1) is 8.49. The van der Waals surface area contributed by atoms with Crippen LogP contribution in [0.4, 0.5) is 8.78 Å². The Balaban J connectivity index is 2.51. The molecule has 2 rings (SSSR count). The van der Waals surface area contributed by atoms with Gasteiger partial charge in [0.05, 0.1) is 5.56 Å². The molecule has 0 spiro atoms. The Morgan fingerprint density at radius 3 is 2.44 bits per heavy atom. The molecule has 0 aliphatic rings. The van der Waals surface area contributed by atoms with Gasteiger partial charge in [0.2, 0.25) is 0 Å². The number of benzene rings is 2. The van der Waals surface area contributed by atoms with E-state index in [1.165, 1.54) is 0 Å². The quantitative estimate of drug-likeness (QED) is 0.757. The molecule has 0 aliphatic heterocycles. The van der Waals surface area contributed by atoms with Crippen LogP contribution in [0.2, 0.25) is 0 Å². The van der Waals surface area contributed by atoms with E-state index in [1.54, 1.807) is 25.1 Å². The van der Waals surface area contributed by atoms with E-state index in [0.717, 1.165) is 22.2 Å². The minimum absolute atomic E-state index is 0.127. The molecule has 0 bridgehead atoms. The van der Waals surface area contributed by atoms with E-state index in [4.69, 9.17) is 0 Å². The van der Waals surface area contributed by atoms with Gasteiger partial charge in [0.15, 0.2) is 5.78 Å². The zero-order chi connectivity index (χ0) is 13.3. The first kappa shape index (κ1) is 12.9. The molecule has 0 aliphatic carbocycles. The molecule has 0 saturated carbocycles. The second kappa shape index (κ2) is 4.98. The van der Waals surface area contributed by atoms with Gasteiger partial charge in [0.25, 0.3) is 0 Å². The monoisotopic (exact) mass is 310 g/mol. The minimum Gasteiger partial charge on any atom is -0.288 e. The molecule has 0 saturated heterocycles. The fraction of sp³-hybridized carbons (Fsp3) is 0.0714. The molecule has 0 fully saturated rings. The largest absolute Gasteiger partial charge is 0.288 e. The van der Waals surface area contributed by atoms with Gasteiger partial charge in [-0.1, -0.05) is 22.0 Å². The van der Waals surface area contributed by atoms with Crippen molar-refractivity contribution in [3.63, 3.8) is 0 Å². The Hall–Kier alpha value is -1.55. The van der Waals surface area contributed by atoms with Crippen LogP contribution in [-0.4, -0.2) is 5.78 Å². The maximum Gasteiger partial charge on any atom is 0.196 e. The average Bonchev–Trinajstić information content (AvgIpc) is 2.31. The molecule has 18 heavy (non-hydrogen) atoms. The van der Waals surface area contributed by atoms with Gasteiger partial charge in [0, 0.05) is 16.1 Å². The van der Waals surface area contributed by atoms with Crippen LogP contribution in [0, 0.1) is 18.6 Å². The lowest BCUT2D eigenvalue weighted by Gasteiger charge is -2.06. The van der Waals surface area contributed by atoms with Crippen LogP contribution in [0.3, 0.4) is 0 Å². The topological polar surface area (TPSA) is 17.1 Å². The molecule has 4 heteroatoms. The molecule has 0 heterocycles. The number of hydrogen-bond acceptors (Lipinski definition) is 1. The summed E-state index contributed by atoms with van der Waals surface area (Å²) in [6.45, 7) is 1.76. The molecule has 2 aromatic carbocycles. The fourth-order valence-electron chi connectivity index (χ4n) is 1.66. The average molecular weight is 311 g/mol. The molecule has 0 unspecified atom stereocenters. The summed E-state index contributed by atoms with van der Waals surface area (Å²) in [7, 11) is 0. The third-order valence-corrected chi connectivity index (χ3v) is 3.11. The number of hydrogen-bond donors (Lipinski definition) is 0. The van der Waals surface area contributed by atoms with Gasteiger partial charge in [-0.3, -0.25) is 4.79 Å². The van der Waals surface area contributed by atoms with Crippen LogP contribution in [0.5, 0.6) is 0 Å². The van der Waals surface area contributed by atoms with Crippen LogP contribution < -0.4 is 0 Å². The normalized spacial score (nSPS) is 10.4. The van der Waals surface area contributed by atoms with Crippen molar-refractivity contribution in [1.82, 2.24) is 0 Å². The highest BCUT2D eigenvalue weighted by molar-refractivity contribution is 9.10. The van der Waals surface area contributed by atoms with Gasteiger partial charge in [-0.05, 0) is 36.8 Å². The Morgan fingerprint density at radius 2 is 1.78 bits per heavy atom. The van der Waals surface area contributed by atoms with Crippen molar-refractivity contribution in [2.45, 2.75) is 6.92 Å². The molecule has 0 radical (unpaired) electrons. The van der Waals surface area contributed by atoms with Crippen LogP contribution in [0.1, 0.15) is 21.5 Å². The Labute approximate surface area is 112 Å². The number of ketones is 1. The highest BCUT2D eigenvalue weighted by atomic mass is 79.9. The summed E-state index contributed by atoms with van der Waals surface area (Å²) >= 11 is 3.26. The van der Waals surface area contributed by atoms with Crippen molar-refractivity contribution in [1.29, 1.82) is 0 Å². The predicted octanol–water partition coefficient (Wildman–Crippen LogP) is 4.27. The van der Waals surface area contributed by atoms with Gasteiger partial charge in [0.1, 0.15) is 11.6 Å². The van der Waals surface area contributed by atoms with Gasteiger partial charge in [-0.15, -0.1) is 0 Å². The van der Waals surface area contributed by atoms with E-state index in [2.05, 4.69) is 15.9 Å². The molecule has 1 nitrogen and oxygen atoms in total. The Morgan fingerprint density at radius 1 is 1.06 bits per heavy atom. The van der Waals surface area contributed by atoms with E-state index in [-0.39, 0.29) is 5.56 Å². The lowest BCUT2D eigenvalue weighted by molar-refractivity contribution is 0.103. The number of halogens is 3. The van der Waals surface area contributed by atoms with E-state index in [9.17, 15) is 13.6 Å². The molecule has 92 valence electrons. The predicted molar refractivity (Wildman–Crippen MR) is 68.7 cm³/mol. The summed E-state index contributed by atoms with van der Waals surface area (Å²) in [6, 6.07) is 8.13. The molecular weight excluding hydrogens is 302 g/mol. The third kappa shape index (κ3) is 2.48. The highest BCUT2D eigenvalue weighted by Gasteiger charge is 2.16. The fourth-order valence-corrected chi connectivity index (χ4v) is 2.02. The lowest BCUT2D eigenvalue weighted by atomic mass is 9.99. The SMILES string of the molecule is Cc1ccc(Br)cc1C(=O)c1ccc(F)cc1F. The molecule has 0 N–H and O–H groups in total. The molecular formula is C14H9BrF2O. The maximum atomic E-state index is 13.5. The summed E-state index contributed by atoms with van der Waals surface area (Å²) in [6.07, 6.45) is 0. The van der Waals surface area contributed by atoms with Crippen molar-refractivity contribution in [2.24, 2.45) is 0 Å². The van der Waals surface area contributed by atoms with Crippen LogP contribution in [0.15, 0.2) is 40.9 Å². The van der Waals surface area contributed by atoms with Gasteiger partial charge in [-0.2, -0.15) is 0 Å². The highest BCUT2D eigenvalue weighted by Crippen LogP contribution is 2.21. The smallest absolute Gasteiger partial charge is 0.196 e. The second-order valence-electron chi connectivity index (χ2n) is 3.91. The van der Waals surface area contributed by atoms with E-state index < -0.39 is 17.4 Å². The second-order valence-corrected chi connectivity index (χ2v) is 4.83. The first-order valence-corrected chi connectivity index (χ1v) is 6.04. The summed E-state index contributed by atoms with van der Waals surface area (Å²) in [4.78, 5) is 12.2. The van der Waals surface area contributed by atoms with Crippen molar-refractivity contribution in [3.05, 3.63) is 69.2 Å². The minimum atomic E-state index is -0.848. The number of rotatable bonds is 2. The first-order valence-electron chi connectivity index (χ1n) is 5.25. The molecule has 0 aromatic heterocycles. The molecule has 0 amide bonds. The zero-order valence-corrected chi connectivity index (χ0v) is 11.1. The standard InChI is InChI=1S/C14H9BrF2O/c1-8-2-3-9(15)6-12(8)14(18)11-5-4-10(16)7-13(11)17/h2-7H,1H3. The number of carbonyl (C=O) groups excluding carboxylic acids is 1. The zero-order valence-electron chi connectivity index (χ0n) is 9.51. The van der Waals surface area contributed by atoms with Crippen molar-refractivity contribution in [2.75, 3.05) is 0 Å². The Bertz CT molecular complexity index is 623. The third-order valence-electron chi connectivity index (χ3n) is 2.62. The van der Waals surface area contributed by atoms with Gasteiger partial charge < -0.3 is 0 Å². The maximum absolute atomic E-state index is 13.5. The van der Waals surface area contributed by atoms with Crippen LogP contribution >= 0.6 is 15.9 Å². The lowest BCUT2D eigenvalue weighted by Crippen LogP contribution is -2.06. The summed E-state index contributed by atoms with van der Waals surface area (Å²) in [5.74, 6) is -2.00. The van der Waals surface area contributed by atoms with Crippen LogP contribution in [0.25, 0.3) is 0 Å². The molecule has 2 aromatic rings.